The van der Waals surface area contributed by atoms with Gasteiger partial charge in [-0.2, -0.15) is 5.26 Å². The van der Waals surface area contributed by atoms with Crippen molar-refractivity contribution in [2.75, 3.05) is 0 Å². The molecule has 2 aliphatic carbocycles. The molecule has 0 spiro atoms. The van der Waals surface area contributed by atoms with E-state index in [9.17, 15) is 19.6 Å². The Hall–Kier alpha value is -2.59. The number of carbonyl (C=O) groups excluding carboxylic acids is 3. The van der Waals surface area contributed by atoms with Gasteiger partial charge in [-0.05, 0) is 80.1 Å². The molecule has 1 aromatic heterocycles. The number of hydrogen-bond donors (Lipinski definition) is 0. The van der Waals surface area contributed by atoms with Crippen LogP contribution in [0.5, 0.6) is 0 Å². The first-order valence-electron chi connectivity index (χ1n) is 16.6. The van der Waals surface area contributed by atoms with Crippen molar-refractivity contribution in [3.63, 3.8) is 0 Å². The summed E-state index contributed by atoms with van der Waals surface area (Å²) in [7, 11) is 0. The number of Topliss-reactive ketones (excluding diaryl/α,β-unsaturated/α-hetero) is 1. The Morgan fingerprint density at radius 1 is 1.09 bits per heavy atom. The van der Waals surface area contributed by atoms with E-state index < -0.39 is 33.4 Å². The summed E-state index contributed by atoms with van der Waals surface area (Å²) >= 11 is 0. The second kappa shape index (κ2) is 11.0. The minimum atomic E-state index is -1.45. The van der Waals surface area contributed by atoms with Crippen LogP contribution < -0.4 is 0 Å². The fourth-order valence-corrected chi connectivity index (χ4v) is 9.26. The number of nitrogens with zero attached hydrogens (tertiary/aromatic N) is 3. The van der Waals surface area contributed by atoms with Crippen LogP contribution in [0.2, 0.25) is 0 Å². The van der Waals surface area contributed by atoms with Gasteiger partial charge in [0.25, 0.3) is 0 Å². The number of epoxide rings is 1. The zero-order chi connectivity index (χ0) is 33.1. The highest BCUT2D eigenvalue weighted by molar-refractivity contribution is 6.00. The number of nitriles is 1. The highest BCUT2D eigenvalue weighted by Crippen LogP contribution is 2.73. The lowest BCUT2D eigenvalue weighted by molar-refractivity contribution is -0.142. The van der Waals surface area contributed by atoms with E-state index in [1.54, 1.807) is 36.3 Å². The van der Waals surface area contributed by atoms with Gasteiger partial charge in [-0.25, -0.2) is 4.98 Å². The highest BCUT2D eigenvalue weighted by Gasteiger charge is 2.81. The molecule has 7 nitrogen and oxygen atoms in total. The number of imidazole rings is 1. The van der Waals surface area contributed by atoms with Gasteiger partial charge >= 0.3 is 0 Å². The summed E-state index contributed by atoms with van der Waals surface area (Å²) in [6, 6.07) is 2.24. The van der Waals surface area contributed by atoms with Crippen LogP contribution in [-0.4, -0.2) is 38.7 Å². The predicted octanol–water partition coefficient (Wildman–Crippen LogP) is 8.15. The molecule has 4 rings (SSSR count). The standard InChI is InChI=1S/C37H55N3O4/c1-12-14-31(3,4)16-18-34(9,30(43)40-21-20-39-24-40)19-17-32(5,6)35(10)15-13-26-33(7,8)28(42)37(23-38)29(44-37)36(26,11)27(35)22-25(2)41/h20-22,24,26,29H,12-19H2,1-11H3/b27-22+/t26-,29+,34-,35+,36-,37-/m0/s1. The maximum absolute atomic E-state index is 14.0. The van der Waals surface area contributed by atoms with Crippen molar-refractivity contribution in [3.05, 3.63) is 30.4 Å². The Balaban J connectivity index is 1.72. The summed E-state index contributed by atoms with van der Waals surface area (Å²) < 4.78 is 7.73. The molecule has 3 aliphatic rings. The van der Waals surface area contributed by atoms with Crippen LogP contribution in [0.4, 0.5) is 0 Å². The Morgan fingerprint density at radius 3 is 2.27 bits per heavy atom. The number of rotatable bonds is 11. The normalized spacial score (nSPS) is 33.6. The smallest absolute Gasteiger partial charge is 0.240 e. The molecule has 6 atom stereocenters. The van der Waals surface area contributed by atoms with Crippen molar-refractivity contribution < 1.29 is 19.1 Å². The third kappa shape index (κ3) is 5.23. The second-order valence-electron chi connectivity index (χ2n) is 16.9. The Kier molecular flexibility index (Phi) is 8.60. The van der Waals surface area contributed by atoms with Crippen molar-refractivity contribution in [2.45, 2.75) is 139 Å². The molecule has 0 amide bonds. The summed E-state index contributed by atoms with van der Waals surface area (Å²) in [5, 5.41) is 10.2. The molecule has 7 heteroatoms. The third-order valence-electron chi connectivity index (χ3n) is 12.6. The summed E-state index contributed by atoms with van der Waals surface area (Å²) in [5.74, 6) is -0.166. The van der Waals surface area contributed by atoms with Gasteiger partial charge in [0.05, 0.1) is 0 Å². The van der Waals surface area contributed by atoms with Crippen LogP contribution in [0.25, 0.3) is 0 Å². The van der Waals surface area contributed by atoms with Gasteiger partial charge in [-0.3, -0.25) is 19.0 Å². The summed E-state index contributed by atoms with van der Waals surface area (Å²) in [4.78, 5) is 44.7. The second-order valence-corrected chi connectivity index (χ2v) is 16.9. The van der Waals surface area contributed by atoms with Crippen LogP contribution in [0.1, 0.15) is 132 Å². The number of fused-ring (bicyclic) bond motifs is 3. The molecule has 1 aromatic rings. The van der Waals surface area contributed by atoms with Gasteiger partial charge in [0, 0.05) is 28.6 Å². The Morgan fingerprint density at radius 2 is 1.73 bits per heavy atom. The lowest BCUT2D eigenvalue weighted by Crippen LogP contribution is -2.62. The van der Waals surface area contributed by atoms with E-state index in [2.05, 4.69) is 66.4 Å². The fourth-order valence-electron chi connectivity index (χ4n) is 9.26. The summed E-state index contributed by atoms with van der Waals surface area (Å²) in [6.07, 6.45) is 13.2. The van der Waals surface area contributed by atoms with Crippen molar-refractivity contribution in [3.8, 4) is 6.07 Å². The van der Waals surface area contributed by atoms with Gasteiger partial charge in [0.2, 0.25) is 11.5 Å². The van der Waals surface area contributed by atoms with Gasteiger partial charge in [0.15, 0.2) is 11.6 Å². The zero-order valence-corrected chi connectivity index (χ0v) is 29.1. The quantitative estimate of drug-likeness (QED) is 0.186. The largest absolute Gasteiger partial charge is 0.342 e. The maximum Gasteiger partial charge on any atom is 0.240 e. The molecule has 0 aromatic carbocycles. The molecule has 2 heterocycles. The van der Waals surface area contributed by atoms with Crippen molar-refractivity contribution >= 4 is 17.5 Å². The van der Waals surface area contributed by atoms with Crippen LogP contribution in [0, 0.1) is 49.7 Å². The molecule has 44 heavy (non-hydrogen) atoms. The van der Waals surface area contributed by atoms with E-state index in [-0.39, 0.29) is 34.2 Å². The SMILES string of the molecule is CCCC(C)(C)CC[C@@](C)(CCC(C)(C)[C@]1(C)CC[C@H]2C(C)(C)C(=O)[C@]3(C#N)O[C@@H]3[C@]2(C)/C1=C/C(C)=O)C(=O)n1ccnc1. The monoisotopic (exact) mass is 605 g/mol. The van der Waals surface area contributed by atoms with Gasteiger partial charge in [-0.15, -0.1) is 0 Å². The first kappa shape index (κ1) is 34.3. The molecule has 2 saturated carbocycles. The Labute approximate surface area is 265 Å². The highest BCUT2D eigenvalue weighted by atomic mass is 16.6. The van der Waals surface area contributed by atoms with Crippen molar-refractivity contribution in [2.24, 2.45) is 38.4 Å². The number of ketones is 2. The summed E-state index contributed by atoms with van der Waals surface area (Å²) in [6.45, 7) is 23.3. The van der Waals surface area contributed by atoms with Gasteiger partial charge in [0.1, 0.15) is 18.5 Å². The molecule has 0 N–H and O–H groups in total. The maximum atomic E-state index is 14.0. The average Bonchev–Trinajstić information content (AvgIpc) is 3.46. The Bertz CT molecular complexity index is 1380. The number of allylic oxidation sites excluding steroid dienone is 1. The number of hydrogen-bond acceptors (Lipinski definition) is 6. The molecule has 1 saturated heterocycles. The molecule has 0 radical (unpaired) electrons. The lowest BCUT2D eigenvalue weighted by Gasteiger charge is -2.61. The van der Waals surface area contributed by atoms with E-state index in [0.717, 1.165) is 50.5 Å². The zero-order valence-electron chi connectivity index (χ0n) is 29.1. The molecular weight excluding hydrogens is 550 g/mol. The van der Waals surface area contributed by atoms with Gasteiger partial charge in [-0.1, -0.05) is 81.2 Å². The van der Waals surface area contributed by atoms with Crippen LogP contribution in [0.15, 0.2) is 30.4 Å². The lowest BCUT2D eigenvalue weighted by atomic mass is 9.40. The molecule has 242 valence electrons. The minimum absolute atomic E-state index is 0.0416. The molecule has 0 bridgehead atoms. The van der Waals surface area contributed by atoms with Crippen molar-refractivity contribution in [1.29, 1.82) is 5.26 Å². The van der Waals surface area contributed by atoms with Crippen LogP contribution in [0.3, 0.4) is 0 Å². The number of carbonyl (C=O) groups is 3. The van der Waals surface area contributed by atoms with Crippen LogP contribution in [-0.2, 0) is 14.3 Å². The first-order valence-corrected chi connectivity index (χ1v) is 16.6. The minimum Gasteiger partial charge on any atom is -0.342 e. The van der Waals surface area contributed by atoms with E-state index in [0.29, 0.717) is 6.42 Å². The van der Waals surface area contributed by atoms with E-state index >= 15 is 0 Å². The topological polar surface area (TPSA) is 105 Å². The van der Waals surface area contributed by atoms with Crippen molar-refractivity contribution in [1.82, 2.24) is 9.55 Å². The molecule has 3 fully saturated rings. The van der Waals surface area contributed by atoms with Gasteiger partial charge < -0.3 is 4.74 Å². The molecule has 1 aliphatic heterocycles. The van der Waals surface area contributed by atoms with E-state index in [1.165, 1.54) is 0 Å². The number of aromatic nitrogens is 2. The third-order valence-corrected chi connectivity index (χ3v) is 12.6. The number of ether oxygens (including phenoxy) is 1. The summed E-state index contributed by atoms with van der Waals surface area (Å²) in [5.41, 5.74) is -3.06. The first-order chi connectivity index (χ1) is 20.2. The van der Waals surface area contributed by atoms with Crippen LogP contribution >= 0.6 is 0 Å². The average molecular weight is 606 g/mol. The fraction of sp³-hybridized carbons (Fsp3) is 0.757. The van der Waals surface area contributed by atoms with E-state index in [1.807, 2.05) is 13.8 Å². The van der Waals surface area contributed by atoms with E-state index in [4.69, 9.17) is 4.74 Å². The molecule has 0 unspecified atom stereocenters. The predicted molar refractivity (Wildman–Crippen MR) is 172 cm³/mol. The molecular formula is C37H55N3O4.